The number of allylic oxidation sites excluding steroid dienone is 1. The molecule has 0 aliphatic heterocycles. The van der Waals surface area contributed by atoms with Crippen molar-refractivity contribution >= 4 is 12.4 Å². The molecule has 16 heavy (non-hydrogen) atoms. The topological polar surface area (TPSA) is 55.4 Å². The van der Waals surface area contributed by atoms with Crippen molar-refractivity contribution in [2.45, 2.75) is 39.7 Å². The van der Waals surface area contributed by atoms with E-state index < -0.39 is 11.7 Å². The number of carbonyl (C=O) groups excluding carboxylic acids is 2. The van der Waals surface area contributed by atoms with E-state index in [0.29, 0.717) is 13.0 Å². The molecule has 0 aromatic carbocycles. The zero-order chi connectivity index (χ0) is 12.6. The van der Waals surface area contributed by atoms with Gasteiger partial charge in [-0.2, -0.15) is 0 Å². The predicted molar refractivity (Wildman–Crippen MR) is 63.2 cm³/mol. The largest absolute Gasteiger partial charge is 0.444 e. The van der Waals surface area contributed by atoms with Gasteiger partial charge in [-0.15, -0.1) is 0 Å². The minimum absolute atomic E-state index is 0.206. The Morgan fingerprint density at radius 2 is 2.06 bits per heavy atom. The molecule has 4 heteroatoms. The smallest absolute Gasteiger partial charge is 0.407 e. The third-order valence-corrected chi connectivity index (χ3v) is 1.70. The predicted octanol–water partition coefficient (Wildman–Crippen LogP) is 2.29. The molecule has 0 aliphatic carbocycles. The molecule has 0 saturated carbocycles. The van der Waals surface area contributed by atoms with Crippen LogP contribution in [0, 0.1) is 5.92 Å². The van der Waals surface area contributed by atoms with Gasteiger partial charge >= 0.3 is 6.09 Å². The molecule has 0 aliphatic rings. The van der Waals surface area contributed by atoms with Gasteiger partial charge < -0.3 is 14.8 Å². The third kappa shape index (κ3) is 9.24. The summed E-state index contributed by atoms with van der Waals surface area (Å²) in [6.45, 7) is 7.80. The normalized spacial score (nSPS) is 13.5. The van der Waals surface area contributed by atoms with Gasteiger partial charge in [0.15, 0.2) is 0 Å². The number of nitrogens with one attached hydrogen (secondary N) is 1. The Morgan fingerprint density at radius 1 is 1.44 bits per heavy atom. The number of ether oxygens (including phenoxy) is 1. The second kappa shape index (κ2) is 7.04. The average molecular weight is 227 g/mol. The Labute approximate surface area is 97.1 Å². The first kappa shape index (κ1) is 14.7. The third-order valence-electron chi connectivity index (χ3n) is 1.70. The van der Waals surface area contributed by atoms with Crippen LogP contribution in [0.15, 0.2) is 12.2 Å². The highest BCUT2D eigenvalue weighted by molar-refractivity contribution is 5.67. The summed E-state index contributed by atoms with van der Waals surface area (Å²) in [7, 11) is 0. The van der Waals surface area contributed by atoms with Crippen LogP contribution in [0.5, 0.6) is 0 Å². The van der Waals surface area contributed by atoms with Crippen LogP contribution in [0.25, 0.3) is 0 Å². The van der Waals surface area contributed by atoms with Crippen LogP contribution in [-0.2, 0) is 9.53 Å². The van der Waals surface area contributed by atoms with Crippen molar-refractivity contribution in [2.75, 3.05) is 6.54 Å². The molecular formula is C12H21NO3. The Hall–Kier alpha value is -1.32. The zero-order valence-corrected chi connectivity index (χ0v) is 10.4. The molecule has 0 radical (unpaired) electrons. The molecule has 0 aromatic rings. The molecule has 0 fully saturated rings. The van der Waals surface area contributed by atoms with Gasteiger partial charge in [0.1, 0.15) is 11.9 Å². The summed E-state index contributed by atoms with van der Waals surface area (Å²) in [5, 5.41) is 2.60. The van der Waals surface area contributed by atoms with Crippen molar-refractivity contribution < 1.29 is 14.3 Å². The van der Waals surface area contributed by atoms with Gasteiger partial charge in [0.2, 0.25) is 0 Å². The zero-order valence-electron chi connectivity index (χ0n) is 10.4. The van der Waals surface area contributed by atoms with Crippen LogP contribution in [0.3, 0.4) is 0 Å². The summed E-state index contributed by atoms with van der Waals surface area (Å²) in [5.74, 6) is 0.206. The molecule has 1 N–H and O–H groups in total. The quantitative estimate of drug-likeness (QED) is 0.579. The number of hydrogen-bond acceptors (Lipinski definition) is 3. The van der Waals surface area contributed by atoms with Gasteiger partial charge in [0.05, 0.1) is 0 Å². The number of aldehydes is 1. The van der Waals surface area contributed by atoms with Crippen molar-refractivity contribution in [1.29, 1.82) is 0 Å². The van der Waals surface area contributed by atoms with Crippen LogP contribution in [0.1, 0.15) is 34.1 Å². The van der Waals surface area contributed by atoms with Crippen LogP contribution in [0.2, 0.25) is 0 Å². The van der Waals surface area contributed by atoms with E-state index in [1.807, 2.05) is 39.8 Å². The van der Waals surface area contributed by atoms with Crippen molar-refractivity contribution in [3.05, 3.63) is 12.2 Å². The van der Waals surface area contributed by atoms with E-state index in [0.717, 1.165) is 6.29 Å². The van der Waals surface area contributed by atoms with E-state index in [4.69, 9.17) is 4.74 Å². The monoisotopic (exact) mass is 227 g/mol. The Bertz CT molecular complexity index is 253. The SMILES string of the molecule is CC(C=CCNC(=O)OC(C)(C)C)CC=O. The highest BCUT2D eigenvalue weighted by atomic mass is 16.6. The molecule has 92 valence electrons. The molecule has 0 saturated heterocycles. The number of rotatable bonds is 5. The summed E-state index contributed by atoms with van der Waals surface area (Å²) in [5.41, 5.74) is -0.474. The van der Waals surface area contributed by atoms with Crippen molar-refractivity contribution in [2.24, 2.45) is 5.92 Å². The van der Waals surface area contributed by atoms with Gasteiger partial charge in [-0.25, -0.2) is 4.79 Å². The first-order valence-corrected chi connectivity index (χ1v) is 5.42. The van der Waals surface area contributed by atoms with Gasteiger partial charge in [0, 0.05) is 13.0 Å². The Kier molecular flexibility index (Phi) is 6.46. The van der Waals surface area contributed by atoms with E-state index in [1.165, 1.54) is 0 Å². The van der Waals surface area contributed by atoms with E-state index in [-0.39, 0.29) is 5.92 Å². The van der Waals surface area contributed by atoms with Crippen molar-refractivity contribution in [3.8, 4) is 0 Å². The van der Waals surface area contributed by atoms with E-state index in [1.54, 1.807) is 0 Å². The van der Waals surface area contributed by atoms with Crippen LogP contribution in [-0.4, -0.2) is 24.5 Å². The van der Waals surface area contributed by atoms with Gasteiger partial charge in [-0.1, -0.05) is 19.1 Å². The minimum atomic E-state index is -0.474. The average Bonchev–Trinajstić information content (AvgIpc) is 2.10. The fourth-order valence-corrected chi connectivity index (χ4v) is 0.987. The fourth-order valence-electron chi connectivity index (χ4n) is 0.987. The summed E-state index contributed by atoms with van der Waals surface area (Å²) >= 11 is 0. The molecule has 0 rings (SSSR count). The molecule has 0 aromatic heterocycles. The molecule has 1 unspecified atom stereocenters. The van der Waals surface area contributed by atoms with Crippen LogP contribution < -0.4 is 5.32 Å². The second-order valence-electron chi connectivity index (χ2n) is 4.69. The van der Waals surface area contributed by atoms with E-state index in [9.17, 15) is 9.59 Å². The molecule has 4 nitrogen and oxygen atoms in total. The molecule has 1 atom stereocenters. The van der Waals surface area contributed by atoms with Crippen molar-refractivity contribution in [3.63, 3.8) is 0 Å². The lowest BCUT2D eigenvalue weighted by Crippen LogP contribution is -2.32. The first-order valence-electron chi connectivity index (χ1n) is 5.42. The molecule has 0 spiro atoms. The summed E-state index contributed by atoms with van der Waals surface area (Å²) in [6.07, 6.45) is 4.67. The Balaban J connectivity index is 3.73. The molecular weight excluding hydrogens is 206 g/mol. The molecule has 1 amide bonds. The highest BCUT2D eigenvalue weighted by Gasteiger charge is 2.14. The second-order valence-corrected chi connectivity index (χ2v) is 4.69. The number of carbonyl (C=O) groups is 2. The molecule has 0 bridgehead atoms. The number of alkyl carbamates (subject to hydrolysis) is 1. The number of hydrogen-bond donors (Lipinski definition) is 1. The summed E-state index contributed by atoms with van der Waals surface area (Å²) in [6, 6.07) is 0. The highest BCUT2D eigenvalue weighted by Crippen LogP contribution is 2.06. The van der Waals surface area contributed by atoms with Crippen LogP contribution in [0.4, 0.5) is 4.79 Å². The molecule has 0 heterocycles. The number of amides is 1. The summed E-state index contributed by atoms with van der Waals surface area (Å²) < 4.78 is 5.05. The van der Waals surface area contributed by atoms with E-state index in [2.05, 4.69) is 5.32 Å². The lowest BCUT2D eigenvalue weighted by Gasteiger charge is -2.19. The van der Waals surface area contributed by atoms with E-state index >= 15 is 0 Å². The maximum Gasteiger partial charge on any atom is 0.407 e. The first-order chi connectivity index (χ1) is 7.35. The van der Waals surface area contributed by atoms with Gasteiger partial charge in [0.25, 0.3) is 0 Å². The maximum atomic E-state index is 11.2. The van der Waals surface area contributed by atoms with Gasteiger partial charge in [-0.05, 0) is 26.7 Å². The minimum Gasteiger partial charge on any atom is -0.444 e. The standard InChI is InChI=1S/C12H21NO3/c1-10(7-9-14)6-5-8-13-11(15)16-12(2,3)4/h5-6,9-10H,7-8H2,1-4H3,(H,13,15). The van der Waals surface area contributed by atoms with Gasteiger partial charge in [-0.3, -0.25) is 0 Å². The van der Waals surface area contributed by atoms with Crippen LogP contribution >= 0.6 is 0 Å². The lowest BCUT2D eigenvalue weighted by molar-refractivity contribution is -0.108. The summed E-state index contributed by atoms with van der Waals surface area (Å²) in [4.78, 5) is 21.4. The fraction of sp³-hybridized carbons (Fsp3) is 0.667. The lowest BCUT2D eigenvalue weighted by atomic mass is 10.1. The Morgan fingerprint density at radius 3 is 2.56 bits per heavy atom. The maximum absolute atomic E-state index is 11.2. The van der Waals surface area contributed by atoms with Crippen molar-refractivity contribution in [1.82, 2.24) is 5.32 Å².